The summed E-state index contributed by atoms with van der Waals surface area (Å²) in [5.41, 5.74) is 1.70. The molecule has 0 bridgehead atoms. The Balaban J connectivity index is 1.62. The highest BCUT2D eigenvalue weighted by atomic mass is 16.4. The molecule has 3 rings (SSSR count). The number of nitrogens with one attached hydrogen (secondary N) is 2. The second kappa shape index (κ2) is 8.56. The molecule has 7 heteroatoms. The van der Waals surface area contributed by atoms with Crippen molar-refractivity contribution >= 4 is 29.3 Å². The van der Waals surface area contributed by atoms with Gasteiger partial charge in [-0.15, -0.1) is 0 Å². The molecule has 0 radical (unpaired) electrons. The number of carboxylic acid groups (broad SMARTS) is 1. The van der Waals surface area contributed by atoms with Crippen molar-refractivity contribution in [3.63, 3.8) is 0 Å². The van der Waals surface area contributed by atoms with Crippen LogP contribution in [0.3, 0.4) is 0 Å². The summed E-state index contributed by atoms with van der Waals surface area (Å²) in [5.74, 6) is -1.59. The number of para-hydroxylation sites is 1. The van der Waals surface area contributed by atoms with Crippen molar-refractivity contribution in [3.8, 4) is 0 Å². The highest BCUT2D eigenvalue weighted by Gasteiger charge is 2.32. The first kappa shape index (κ1) is 19.4. The Bertz CT molecular complexity index is 852. The van der Waals surface area contributed by atoms with Gasteiger partial charge < -0.3 is 20.6 Å². The van der Waals surface area contributed by atoms with E-state index in [4.69, 9.17) is 0 Å². The molecule has 28 heavy (non-hydrogen) atoms. The standard InChI is InChI=1S/C21H23N3O4/c1-14-7-8-16(20(26)27)13-24(14)19(25)15-9-11-18(12-10-15)23-21(28)22-17-5-3-2-4-6-17/h2-6,9-12,14,16H,7-8,13H2,1H3,(H,26,27)(H2,22,23,28). The van der Waals surface area contributed by atoms with Crippen molar-refractivity contribution in [1.82, 2.24) is 4.90 Å². The van der Waals surface area contributed by atoms with Gasteiger partial charge in [-0.3, -0.25) is 9.59 Å². The van der Waals surface area contributed by atoms with Gasteiger partial charge in [-0.25, -0.2) is 4.79 Å². The monoisotopic (exact) mass is 381 g/mol. The molecule has 2 unspecified atom stereocenters. The maximum Gasteiger partial charge on any atom is 0.323 e. The zero-order chi connectivity index (χ0) is 20.1. The van der Waals surface area contributed by atoms with E-state index < -0.39 is 11.9 Å². The molecule has 0 spiro atoms. The van der Waals surface area contributed by atoms with E-state index in [1.165, 1.54) is 0 Å². The summed E-state index contributed by atoms with van der Waals surface area (Å²) in [6.45, 7) is 2.15. The fraction of sp³-hybridized carbons (Fsp3) is 0.286. The second-order valence-electron chi connectivity index (χ2n) is 6.94. The number of hydrogen-bond donors (Lipinski definition) is 3. The second-order valence-corrected chi connectivity index (χ2v) is 6.94. The molecule has 3 N–H and O–H groups in total. The Morgan fingerprint density at radius 2 is 1.54 bits per heavy atom. The van der Waals surface area contributed by atoms with Crippen molar-refractivity contribution in [2.24, 2.45) is 5.92 Å². The van der Waals surface area contributed by atoms with Gasteiger partial charge in [0, 0.05) is 29.5 Å². The lowest BCUT2D eigenvalue weighted by molar-refractivity contribution is -0.143. The molecule has 1 saturated heterocycles. The number of benzene rings is 2. The number of urea groups is 1. The summed E-state index contributed by atoms with van der Waals surface area (Å²) < 4.78 is 0. The van der Waals surface area contributed by atoms with Crippen LogP contribution in [0.15, 0.2) is 54.6 Å². The minimum Gasteiger partial charge on any atom is -0.481 e. The fourth-order valence-corrected chi connectivity index (χ4v) is 3.27. The maximum absolute atomic E-state index is 12.8. The Morgan fingerprint density at radius 1 is 0.929 bits per heavy atom. The van der Waals surface area contributed by atoms with Gasteiger partial charge in [0.2, 0.25) is 0 Å². The number of rotatable bonds is 4. The Kier molecular flexibility index (Phi) is 5.93. The summed E-state index contributed by atoms with van der Waals surface area (Å²) in [6, 6.07) is 15.3. The number of amides is 3. The van der Waals surface area contributed by atoms with Crippen LogP contribution >= 0.6 is 0 Å². The van der Waals surface area contributed by atoms with Crippen LogP contribution < -0.4 is 10.6 Å². The zero-order valence-electron chi connectivity index (χ0n) is 15.6. The first-order valence-electron chi connectivity index (χ1n) is 9.21. The van der Waals surface area contributed by atoms with Crippen LogP contribution in [0.4, 0.5) is 16.2 Å². The molecule has 2 aromatic carbocycles. The smallest absolute Gasteiger partial charge is 0.323 e. The number of carbonyl (C=O) groups excluding carboxylic acids is 2. The van der Waals surface area contributed by atoms with E-state index in [9.17, 15) is 19.5 Å². The summed E-state index contributed by atoms with van der Waals surface area (Å²) in [5, 5.41) is 14.7. The molecule has 1 aliphatic rings. The Hall–Kier alpha value is -3.35. The lowest BCUT2D eigenvalue weighted by Crippen LogP contribution is -2.47. The average Bonchev–Trinajstić information content (AvgIpc) is 2.69. The molecule has 0 aliphatic carbocycles. The maximum atomic E-state index is 12.8. The SMILES string of the molecule is CC1CCC(C(=O)O)CN1C(=O)c1ccc(NC(=O)Nc2ccccc2)cc1. The van der Waals surface area contributed by atoms with Crippen molar-refractivity contribution < 1.29 is 19.5 Å². The number of piperidine rings is 1. The number of aliphatic carboxylic acids is 1. The van der Waals surface area contributed by atoms with Gasteiger partial charge >= 0.3 is 12.0 Å². The molecule has 3 amide bonds. The Labute approximate surface area is 163 Å². The predicted octanol–water partition coefficient (Wildman–Crippen LogP) is 3.66. The number of anilines is 2. The molecule has 1 fully saturated rings. The first-order chi connectivity index (χ1) is 13.4. The molecule has 0 saturated carbocycles. The van der Waals surface area contributed by atoms with Crippen molar-refractivity contribution in [2.75, 3.05) is 17.2 Å². The topological polar surface area (TPSA) is 98.7 Å². The number of likely N-dealkylation sites (tertiary alicyclic amines) is 1. The van der Waals surface area contributed by atoms with E-state index in [1.54, 1.807) is 41.3 Å². The van der Waals surface area contributed by atoms with Gasteiger partial charge in [0.05, 0.1) is 5.92 Å². The largest absolute Gasteiger partial charge is 0.481 e. The van der Waals surface area contributed by atoms with Gasteiger partial charge in [0.25, 0.3) is 5.91 Å². The highest BCUT2D eigenvalue weighted by Crippen LogP contribution is 2.24. The van der Waals surface area contributed by atoms with Crippen molar-refractivity contribution in [3.05, 3.63) is 60.2 Å². The van der Waals surface area contributed by atoms with E-state index >= 15 is 0 Å². The van der Waals surface area contributed by atoms with Crippen molar-refractivity contribution in [1.29, 1.82) is 0 Å². The van der Waals surface area contributed by atoms with Gasteiger partial charge in [-0.05, 0) is 56.2 Å². The summed E-state index contributed by atoms with van der Waals surface area (Å²) in [7, 11) is 0. The van der Waals surface area contributed by atoms with Gasteiger partial charge in [-0.2, -0.15) is 0 Å². The molecule has 2 aromatic rings. The minimum atomic E-state index is -0.867. The lowest BCUT2D eigenvalue weighted by Gasteiger charge is -2.36. The van der Waals surface area contributed by atoms with Gasteiger partial charge in [0.1, 0.15) is 0 Å². The van der Waals surface area contributed by atoms with E-state index in [1.807, 2.05) is 25.1 Å². The van der Waals surface area contributed by atoms with Crippen LogP contribution in [0.25, 0.3) is 0 Å². The van der Waals surface area contributed by atoms with E-state index in [-0.39, 0.29) is 24.5 Å². The molecular formula is C21H23N3O4. The number of hydrogen-bond acceptors (Lipinski definition) is 3. The van der Waals surface area contributed by atoms with E-state index in [0.29, 0.717) is 29.8 Å². The third-order valence-electron chi connectivity index (χ3n) is 4.91. The van der Waals surface area contributed by atoms with Gasteiger partial charge in [-0.1, -0.05) is 18.2 Å². The van der Waals surface area contributed by atoms with E-state index in [0.717, 1.165) is 0 Å². The van der Waals surface area contributed by atoms with Crippen LogP contribution in [-0.2, 0) is 4.79 Å². The summed E-state index contributed by atoms with van der Waals surface area (Å²) >= 11 is 0. The molecular weight excluding hydrogens is 358 g/mol. The van der Waals surface area contributed by atoms with Crippen LogP contribution in [0.2, 0.25) is 0 Å². The molecule has 146 valence electrons. The van der Waals surface area contributed by atoms with Crippen LogP contribution in [0.5, 0.6) is 0 Å². The lowest BCUT2D eigenvalue weighted by atomic mass is 9.93. The quantitative estimate of drug-likeness (QED) is 0.753. The highest BCUT2D eigenvalue weighted by molar-refractivity contribution is 6.00. The van der Waals surface area contributed by atoms with Crippen LogP contribution in [0.1, 0.15) is 30.1 Å². The molecule has 2 atom stereocenters. The minimum absolute atomic E-state index is 0.00227. The molecule has 7 nitrogen and oxygen atoms in total. The Morgan fingerprint density at radius 3 is 2.14 bits per heavy atom. The normalized spacial score (nSPS) is 19.0. The summed E-state index contributed by atoms with van der Waals surface area (Å²) in [4.78, 5) is 37.7. The number of carboxylic acids is 1. The predicted molar refractivity (Wildman–Crippen MR) is 106 cm³/mol. The third kappa shape index (κ3) is 4.68. The zero-order valence-corrected chi connectivity index (χ0v) is 15.6. The fourth-order valence-electron chi connectivity index (χ4n) is 3.27. The number of nitrogens with zero attached hydrogens (tertiary/aromatic N) is 1. The molecule has 0 aromatic heterocycles. The molecule has 1 aliphatic heterocycles. The van der Waals surface area contributed by atoms with Crippen molar-refractivity contribution in [2.45, 2.75) is 25.8 Å². The molecule has 1 heterocycles. The average molecular weight is 381 g/mol. The van der Waals surface area contributed by atoms with E-state index in [2.05, 4.69) is 10.6 Å². The summed E-state index contributed by atoms with van der Waals surface area (Å²) in [6.07, 6.45) is 1.25. The van der Waals surface area contributed by atoms with Gasteiger partial charge in [0.15, 0.2) is 0 Å². The first-order valence-corrected chi connectivity index (χ1v) is 9.21. The number of carbonyl (C=O) groups is 3. The third-order valence-corrected chi connectivity index (χ3v) is 4.91. The van der Waals surface area contributed by atoms with Crippen LogP contribution in [0, 0.1) is 5.92 Å². The van der Waals surface area contributed by atoms with Crippen LogP contribution in [-0.4, -0.2) is 40.5 Å².